The Labute approximate surface area is 153 Å². The molecule has 9 heteroatoms. The van der Waals surface area contributed by atoms with Crippen LogP contribution < -0.4 is 0 Å². The standard InChI is InChI=1S/C17H24FN3O4S/c1-14(22)19-9-11-20(12-10-19)17(23)13-21(26(2,24)25)8-7-15-5-3-4-6-16(15)18/h3-6H,7-13H2,1-2H3. The lowest BCUT2D eigenvalue weighted by molar-refractivity contribution is -0.138. The summed E-state index contributed by atoms with van der Waals surface area (Å²) in [5.41, 5.74) is 0.406. The maximum atomic E-state index is 13.7. The SMILES string of the molecule is CC(=O)N1CCN(C(=O)CN(CCc2ccccc2F)S(C)(=O)=O)CC1. The van der Waals surface area contributed by atoms with Crippen LogP contribution in [0.3, 0.4) is 0 Å². The van der Waals surface area contributed by atoms with Gasteiger partial charge in [0.1, 0.15) is 5.82 Å². The molecule has 1 saturated heterocycles. The molecule has 7 nitrogen and oxygen atoms in total. The summed E-state index contributed by atoms with van der Waals surface area (Å²) in [4.78, 5) is 27.0. The number of sulfonamides is 1. The van der Waals surface area contributed by atoms with Crippen LogP contribution in [0.2, 0.25) is 0 Å². The van der Waals surface area contributed by atoms with Gasteiger partial charge in [0.2, 0.25) is 21.8 Å². The molecule has 0 bridgehead atoms. The van der Waals surface area contributed by atoms with Crippen molar-refractivity contribution in [2.45, 2.75) is 13.3 Å². The number of piperazine rings is 1. The highest BCUT2D eigenvalue weighted by molar-refractivity contribution is 7.88. The van der Waals surface area contributed by atoms with Gasteiger partial charge >= 0.3 is 0 Å². The fourth-order valence-corrected chi connectivity index (χ4v) is 3.60. The highest BCUT2D eigenvalue weighted by Gasteiger charge is 2.26. The first kappa shape index (κ1) is 20.3. The quantitative estimate of drug-likeness (QED) is 0.707. The summed E-state index contributed by atoms with van der Waals surface area (Å²) in [5, 5.41) is 0. The Bertz CT molecular complexity index is 761. The third-order valence-electron chi connectivity index (χ3n) is 4.45. The zero-order chi connectivity index (χ0) is 19.3. The molecule has 0 saturated carbocycles. The number of rotatable bonds is 6. The molecule has 1 fully saturated rings. The minimum atomic E-state index is -3.61. The van der Waals surface area contributed by atoms with Gasteiger partial charge < -0.3 is 9.80 Å². The van der Waals surface area contributed by atoms with E-state index in [0.29, 0.717) is 31.7 Å². The van der Waals surface area contributed by atoms with E-state index in [1.54, 1.807) is 28.0 Å². The minimum absolute atomic E-state index is 0.0267. The highest BCUT2D eigenvalue weighted by Crippen LogP contribution is 2.10. The predicted molar refractivity (Wildman–Crippen MR) is 95.4 cm³/mol. The van der Waals surface area contributed by atoms with Crippen molar-refractivity contribution in [1.29, 1.82) is 0 Å². The molecule has 1 aliphatic rings. The first-order valence-corrected chi connectivity index (χ1v) is 10.2. The molecule has 2 rings (SSSR count). The van der Waals surface area contributed by atoms with Crippen molar-refractivity contribution in [2.24, 2.45) is 0 Å². The third kappa shape index (κ3) is 5.50. The second-order valence-electron chi connectivity index (χ2n) is 6.32. The lowest BCUT2D eigenvalue weighted by atomic mass is 10.1. The van der Waals surface area contributed by atoms with Gasteiger partial charge in [-0.2, -0.15) is 4.31 Å². The molecule has 0 atom stereocenters. The molecule has 0 N–H and O–H groups in total. The van der Waals surface area contributed by atoms with Gasteiger partial charge in [0.05, 0.1) is 12.8 Å². The van der Waals surface area contributed by atoms with Crippen LogP contribution in [0.15, 0.2) is 24.3 Å². The predicted octanol–water partition coefficient (Wildman–Crippen LogP) is 0.321. The summed E-state index contributed by atoms with van der Waals surface area (Å²) in [5.74, 6) is -0.750. The number of halogens is 1. The number of hydrogen-bond donors (Lipinski definition) is 0. The summed E-state index contributed by atoms with van der Waals surface area (Å²) in [7, 11) is -3.61. The molecule has 144 valence electrons. The van der Waals surface area contributed by atoms with Gasteiger partial charge in [0.15, 0.2) is 0 Å². The van der Waals surface area contributed by atoms with Crippen molar-refractivity contribution in [1.82, 2.24) is 14.1 Å². The van der Waals surface area contributed by atoms with Crippen LogP contribution in [-0.2, 0) is 26.0 Å². The van der Waals surface area contributed by atoms with Crippen LogP contribution in [0.4, 0.5) is 4.39 Å². The Morgan fingerprint density at radius 3 is 2.23 bits per heavy atom. The summed E-state index contributed by atoms with van der Waals surface area (Å²) in [6.45, 7) is 2.86. The van der Waals surface area contributed by atoms with E-state index in [9.17, 15) is 22.4 Å². The summed E-state index contributed by atoms with van der Waals surface area (Å²) < 4.78 is 38.8. The van der Waals surface area contributed by atoms with Gasteiger partial charge in [-0.1, -0.05) is 18.2 Å². The van der Waals surface area contributed by atoms with Crippen LogP contribution in [0.25, 0.3) is 0 Å². The van der Waals surface area contributed by atoms with E-state index in [1.165, 1.54) is 13.0 Å². The lowest BCUT2D eigenvalue weighted by Crippen LogP contribution is -2.52. The van der Waals surface area contributed by atoms with Gasteiger partial charge in [0, 0.05) is 39.6 Å². The molecule has 2 amide bonds. The number of amides is 2. The largest absolute Gasteiger partial charge is 0.339 e. The maximum absolute atomic E-state index is 13.7. The van der Waals surface area contributed by atoms with Crippen molar-refractivity contribution in [3.63, 3.8) is 0 Å². The first-order chi connectivity index (χ1) is 12.2. The van der Waals surface area contributed by atoms with Crippen LogP contribution in [0, 0.1) is 5.82 Å². The van der Waals surface area contributed by atoms with Crippen molar-refractivity contribution in [3.05, 3.63) is 35.6 Å². The number of nitrogens with zero attached hydrogens (tertiary/aromatic N) is 3. The number of carbonyl (C=O) groups is 2. The monoisotopic (exact) mass is 385 g/mol. The maximum Gasteiger partial charge on any atom is 0.238 e. The molecule has 1 aromatic rings. The van der Waals surface area contributed by atoms with Gasteiger partial charge in [-0.05, 0) is 18.1 Å². The van der Waals surface area contributed by atoms with Crippen LogP contribution in [-0.4, -0.2) is 79.9 Å². The van der Waals surface area contributed by atoms with E-state index in [-0.39, 0.29) is 31.3 Å². The van der Waals surface area contributed by atoms with Gasteiger partial charge in [0.25, 0.3) is 0 Å². The smallest absolute Gasteiger partial charge is 0.238 e. The Morgan fingerprint density at radius 2 is 1.69 bits per heavy atom. The van der Waals surface area contributed by atoms with Crippen LogP contribution in [0.5, 0.6) is 0 Å². The second kappa shape index (κ2) is 8.59. The number of benzene rings is 1. The topological polar surface area (TPSA) is 78.0 Å². The average Bonchev–Trinajstić information content (AvgIpc) is 2.58. The van der Waals surface area contributed by atoms with Crippen molar-refractivity contribution < 1.29 is 22.4 Å². The molecule has 0 spiro atoms. The summed E-state index contributed by atoms with van der Waals surface area (Å²) in [6, 6.07) is 6.17. The molecule has 26 heavy (non-hydrogen) atoms. The molecular weight excluding hydrogens is 361 g/mol. The van der Waals surface area contributed by atoms with E-state index >= 15 is 0 Å². The molecule has 1 aromatic carbocycles. The lowest BCUT2D eigenvalue weighted by Gasteiger charge is -2.35. The summed E-state index contributed by atoms with van der Waals surface area (Å²) >= 11 is 0. The minimum Gasteiger partial charge on any atom is -0.339 e. The van der Waals surface area contributed by atoms with Gasteiger partial charge in [-0.25, -0.2) is 12.8 Å². The van der Waals surface area contributed by atoms with Crippen molar-refractivity contribution >= 4 is 21.8 Å². The van der Waals surface area contributed by atoms with Crippen LogP contribution >= 0.6 is 0 Å². The molecule has 0 unspecified atom stereocenters. The summed E-state index contributed by atoms with van der Waals surface area (Å²) in [6.07, 6.45) is 1.22. The molecular formula is C17H24FN3O4S. The van der Waals surface area contributed by atoms with Gasteiger partial charge in [-0.3, -0.25) is 9.59 Å². The molecule has 1 aliphatic heterocycles. The van der Waals surface area contributed by atoms with E-state index in [0.717, 1.165) is 10.6 Å². The normalized spacial score (nSPS) is 15.4. The molecule has 1 heterocycles. The van der Waals surface area contributed by atoms with Crippen LogP contribution in [0.1, 0.15) is 12.5 Å². The Kier molecular flexibility index (Phi) is 6.71. The Balaban J connectivity index is 1.97. The van der Waals surface area contributed by atoms with E-state index in [2.05, 4.69) is 0 Å². The van der Waals surface area contributed by atoms with E-state index in [1.807, 2.05) is 0 Å². The zero-order valence-corrected chi connectivity index (χ0v) is 15.8. The Morgan fingerprint density at radius 1 is 1.12 bits per heavy atom. The first-order valence-electron chi connectivity index (χ1n) is 8.40. The third-order valence-corrected chi connectivity index (χ3v) is 5.70. The molecule has 0 aliphatic carbocycles. The van der Waals surface area contributed by atoms with Crippen molar-refractivity contribution in [2.75, 3.05) is 45.5 Å². The van der Waals surface area contributed by atoms with E-state index in [4.69, 9.17) is 0 Å². The second-order valence-corrected chi connectivity index (χ2v) is 8.31. The number of carbonyl (C=O) groups excluding carboxylic acids is 2. The highest BCUT2D eigenvalue weighted by atomic mass is 32.2. The average molecular weight is 385 g/mol. The zero-order valence-electron chi connectivity index (χ0n) is 15.0. The van der Waals surface area contributed by atoms with Crippen molar-refractivity contribution in [3.8, 4) is 0 Å². The Hall–Kier alpha value is -2.00. The molecule has 0 aromatic heterocycles. The number of hydrogen-bond acceptors (Lipinski definition) is 4. The fourth-order valence-electron chi connectivity index (χ4n) is 2.83. The van der Waals surface area contributed by atoms with E-state index < -0.39 is 15.8 Å². The fraction of sp³-hybridized carbons (Fsp3) is 0.529. The molecule has 0 radical (unpaired) electrons. The van der Waals surface area contributed by atoms with Gasteiger partial charge in [-0.15, -0.1) is 0 Å².